The van der Waals surface area contributed by atoms with Crippen molar-refractivity contribution in [3.63, 3.8) is 0 Å². The normalized spacial score (nSPS) is 16.3. The van der Waals surface area contributed by atoms with E-state index < -0.39 is 0 Å². The van der Waals surface area contributed by atoms with Crippen molar-refractivity contribution in [1.82, 2.24) is 5.32 Å². The summed E-state index contributed by atoms with van der Waals surface area (Å²) in [4.78, 5) is 12.1. The molecule has 1 heterocycles. The van der Waals surface area contributed by atoms with Crippen LogP contribution in [0.4, 0.5) is 4.39 Å². The Kier molecular flexibility index (Phi) is 5.25. The van der Waals surface area contributed by atoms with E-state index in [4.69, 9.17) is 4.74 Å². The molecule has 0 bridgehead atoms. The van der Waals surface area contributed by atoms with Crippen molar-refractivity contribution in [3.8, 4) is 11.8 Å². The van der Waals surface area contributed by atoms with Gasteiger partial charge in [0.1, 0.15) is 5.82 Å². The predicted molar refractivity (Wildman–Crippen MR) is 90.1 cm³/mol. The van der Waals surface area contributed by atoms with Gasteiger partial charge in [-0.25, -0.2) is 4.39 Å². The molecule has 3 nitrogen and oxygen atoms in total. The van der Waals surface area contributed by atoms with E-state index in [1.54, 1.807) is 42.5 Å². The number of halogens is 1. The van der Waals surface area contributed by atoms with Gasteiger partial charge in [0.25, 0.3) is 5.91 Å². The van der Waals surface area contributed by atoms with Gasteiger partial charge in [0, 0.05) is 24.3 Å². The van der Waals surface area contributed by atoms with Crippen molar-refractivity contribution in [2.24, 2.45) is 0 Å². The number of amides is 1. The number of carbonyl (C=O) groups excluding carboxylic acids is 1. The van der Waals surface area contributed by atoms with Gasteiger partial charge in [-0.2, -0.15) is 0 Å². The molecule has 2 aromatic carbocycles. The quantitative estimate of drug-likeness (QED) is 0.881. The van der Waals surface area contributed by atoms with E-state index in [9.17, 15) is 9.18 Å². The van der Waals surface area contributed by atoms with E-state index >= 15 is 0 Å². The third kappa shape index (κ3) is 4.21. The summed E-state index contributed by atoms with van der Waals surface area (Å²) in [6.45, 7) is 1.31. The molecule has 3 rings (SSSR count). The Balaban J connectivity index is 1.61. The largest absolute Gasteiger partial charge is 0.376 e. The van der Waals surface area contributed by atoms with Gasteiger partial charge < -0.3 is 10.1 Å². The maximum absolute atomic E-state index is 13.5. The Labute approximate surface area is 140 Å². The van der Waals surface area contributed by atoms with Gasteiger partial charge in [0.05, 0.1) is 11.7 Å². The second-order valence-electron chi connectivity index (χ2n) is 5.65. The van der Waals surface area contributed by atoms with Crippen molar-refractivity contribution in [1.29, 1.82) is 0 Å². The molecule has 0 saturated carbocycles. The summed E-state index contributed by atoms with van der Waals surface area (Å²) in [6.07, 6.45) is 2.17. The van der Waals surface area contributed by atoms with Crippen LogP contribution in [-0.4, -0.2) is 25.2 Å². The zero-order valence-electron chi connectivity index (χ0n) is 13.2. The molecule has 0 aliphatic carbocycles. The molecule has 0 spiro atoms. The molecule has 0 radical (unpaired) electrons. The highest BCUT2D eigenvalue weighted by molar-refractivity contribution is 5.94. The SMILES string of the molecule is O=C(NC[C@@H]1CCCO1)c1ccc(C#Cc2ccccc2F)cc1. The number of benzene rings is 2. The molecule has 4 heteroatoms. The maximum atomic E-state index is 13.5. The van der Waals surface area contributed by atoms with Crippen molar-refractivity contribution in [2.45, 2.75) is 18.9 Å². The summed E-state index contributed by atoms with van der Waals surface area (Å²) in [5, 5.41) is 2.88. The summed E-state index contributed by atoms with van der Waals surface area (Å²) < 4.78 is 19.0. The second-order valence-corrected chi connectivity index (χ2v) is 5.65. The Morgan fingerprint density at radius 1 is 1.17 bits per heavy atom. The first-order chi connectivity index (χ1) is 11.7. The summed E-state index contributed by atoms with van der Waals surface area (Å²) in [6, 6.07) is 13.3. The van der Waals surface area contributed by atoms with E-state index in [-0.39, 0.29) is 17.8 Å². The van der Waals surface area contributed by atoms with Crippen molar-refractivity contribution in [3.05, 3.63) is 71.0 Å². The molecule has 1 aliphatic heterocycles. The van der Waals surface area contributed by atoms with Gasteiger partial charge >= 0.3 is 0 Å². The minimum absolute atomic E-state index is 0.125. The first kappa shape index (κ1) is 16.2. The highest BCUT2D eigenvalue weighted by atomic mass is 19.1. The standard InChI is InChI=1S/C20H18FNO2/c21-19-6-2-1-4-16(19)10-7-15-8-11-17(12-9-15)20(23)22-14-18-5-3-13-24-18/h1-2,4,6,8-9,11-12,18H,3,5,13-14H2,(H,22,23)/t18-/m0/s1. The highest BCUT2D eigenvalue weighted by Crippen LogP contribution is 2.11. The zero-order chi connectivity index (χ0) is 16.8. The third-order valence-corrected chi connectivity index (χ3v) is 3.88. The average Bonchev–Trinajstić information content (AvgIpc) is 3.13. The number of ether oxygens (including phenoxy) is 1. The molecule has 122 valence electrons. The van der Waals surface area contributed by atoms with Crippen LogP contribution in [0.5, 0.6) is 0 Å². The van der Waals surface area contributed by atoms with Crippen LogP contribution >= 0.6 is 0 Å². The Bertz CT molecular complexity index is 768. The van der Waals surface area contributed by atoms with Gasteiger partial charge in [-0.3, -0.25) is 4.79 Å². The second kappa shape index (κ2) is 7.76. The van der Waals surface area contributed by atoms with Crippen LogP contribution in [0.1, 0.15) is 34.3 Å². The molecule has 1 atom stereocenters. The fourth-order valence-corrected chi connectivity index (χ4v) is 2.52. The van der Waals surface area contributed by atoms with Gasteiger partial charge in [0.15, 0.2) is 0 Å². The summed E-state index contributed by atoms with van der Waals surface area (Å²) >= 11 is 0. The molecular formula is C20H18FNO2. The van der Waals surface area contributed by atoms with Crippen molar-refractivity contribution >= 4 is 5.91 Å². The van der Waals surface area contributed by atoms with Gasteiger partial charge in [-0.05, 0) is 49.2 Å². The van der Waals surface area contributed by atoms with Gasteiger partial charge in [-0.1, -0.05) is 24.0 Å². The minimum atomic E-state index is -0.338. The molecular weight excluding hydrogens is 305 g/mol. The summed E-state index contributed by atoms with van der Waals surface area (Å²) in [5.74, 6) is 5.24. The van der Waals surface area contributed by atoms with E-state index in [1.807, 2.05) is 0 Å². The average molecular weight is 323 g/mol. The van der Waals surface area contributed by atoms with E-state index in [0.717, 1.165) is 25.0 Å². The molecule has 0 aromatic heterocycles. The highest BCUT2D eigenvalue weighted by Gasteiger charge is 2.16. The molecule has 1 aliphatic rings. The van der Waals surface area contributed by atoms with E-state index in [1.165, 1.54) is 6.07 Å². The molecule has 2 aromatic rings. The molecule has 1 saturated heterocycles. The molecule has 24 heavy (non-hydrogen) atoms. The zero-order valence-corrected chi connectivity index (χ0v) is 13.2. The lowest BCUT2D eigenvalue weighted by Gasteiger charge is -2.10. The number of hydrogen-bond donors (Lipinski definition) is 1. The van der Waals surface area contributed by atoms with Gasteiger partial charge in [0.2, 0.25) is 0 Å². The number of hydrogen-bond acceptors (Lipinski definition) is 2. The molecule has 1 amide bonds. The van der Waals surface area contributed by atoms with Crippen LogP contribution in [0.2, 0.25) is 0 Å². The van der Waals surface area contributed by atoms with Crippen LogP contribution in [0.25, 0.3) is 0 Å². The minimum Gasteiger partial charge on any atom is -0.376 e. The topological polar surface area (TPSA) is 38.3 Å². The monoisotopic (exact) mass is 323 g/mol. The van der Waals surface area contributed by atoms with Crippen LogP contribution < -0.4 is 5.32 Å². The first-order valence-corrected chi connectivity index (χ1v) is 7.99. The summed E-state index contributed by atoms with van der Waals surface area (Å²) in [5.41, 5.74) is 1.66. The van der Waals surface area contributed by atoms with Crippen molar-refractivity contribution < 1.29 is 13.9 Å². The van der Waals surface area contributed by atoms with Crippen LogP contribution in [0, 0.1) is 17.7 Å². The predicted octanol–water partition coefficient (Wildman–Crippen LogP) is 3.13. The van der Waals surface area contributed by atoms with Crippen LogP contribution in [-0.2, 0) is 4.74 Å². The van der Waals surface area contributed by atoms with Crippen LogP contribution in [0.15, 0.2) is 48.5 Å². The van der Waals surface area contributed by atoms with E-state index in [2.05, 4.69) is 17.2 Å². The molecule has 0 unspecified atom stereocenters. The molecule has 1 fully saturated rings. The third-order valence-electron chi connectivity index (χ3n) is 3.88. The fourth-order valence-electron chi connectivity index (χ4n) is 2.52. The van der Waals surface area contributed by atoms with E-state index in [0.29, 0.717) is 17.7 Å². The lowest BCUT2D eigenvalue weighted by molar-refractivity contribution is 0.0858. The number of carbonyl (C=O) groups is 1. The molecule has 1 N–H and O–H groups in total. The first-order valence-electron chi connectivity index (χ1n) is 7.99. The van der Waals surface area contributed by atoms with Crippen molar-refractivity contribution in [2.75, 3.05) is 13.2 Å². The Morgan fingerprint density at radius 2 is 1.96 bits per heavy atom. The number of rotatable bonds is 3. The van der Waals surface area contributed by atoms with Gasteiger partial charge in [-0.15, -0.1) is 0 Å². The maximum Gasteiger partial charge on any atom is 0.251 e. The Morgan fingerprint density at radius 3 is 2.67 bits per heavy atom. The Hall–Kier alpha value is -2.64. The summed E-state index contributed by atoms with van der Waals surface area (Å²) in [7, 11) is 0. The fraction of sp³-hybridized carbons (Fsp3) is 0.250. The van der Waals surface area contributed by atoms with Crippen LogP contribution in [0.3, 0.4) is 0 Å². The smallest absolute Gasteiger partial charge is 0.251 e. The number of nitrogens with one attached hydrogen (secondary N) is 1. The lowest BCUT2D eigenvalue weighted by Crippen LogP contribution is -2.31. The lowest BCUT2D eigenvalue weighted by atomic mass is 10.1.